The summed E-state index contributed by atoms with van der Waals surface area (Å²) in [5.41, 5.74) is 0.949. The number of nitrogens with one attached hydrogen (secondary N) is 1. The van der Waals surface area contributed by atoms with Gasteiger partial charge in [-0.3, -0.25) is 9.59 Å². The third-order valence-electron chi connectivity index (χ3n) is 3.34. The van der Waals surface area contributed by atoms with E-state index in [4.69, 9.17) is 15.1 Å². The second-order valence-electron chi connectivity index (χ2n) is 5.19. The van der Waals surface area contributed by atoms with Crippen LogP contribution in [0.5, 0.6) is 5.75 Å². The van der Waals surface area contributed by atoms with E-state index in [1.807, 2.05) is 6.07 Å². The first kappa shape index (κ1) is 17.9. The van der Waals surface area contributed by atoms with E-state index in [0.29, 0.717) is 16.9 Å². The fourth-order valence-electron chi connectivity index (χ4n) is 2.13. The summed E-state index contributed by atoms with van der Waals surface area (Å²) in [5, 5.41) is 20.3. The Kier molecular flexibility index (Phi) is 6.07. The van der Waals surface area contributed by atoms with Crippen LogP contribution in [-0.4, -0.2) is 23.6 Å². The van der Waals surface area contributed by atoms with E-state index in [9.17, 15) is 14.0 Å². The summed E-state index contributed by atoms with van der Waals surface area (Å²) in [7, 11) is 0. The normalized spacial score (nSPS) is 11.2. The number of carboxylic acids is 1. The SMILES string of the molecule is N#Cc1ccc(OCC(=O)NC(CC(=O)O)c2ccc(F)cc2)cc1. The molecule has 25 heavy (non-hydrogen) atoms. The van der Waals surface area contributed by atoms with Crippen LogP contribution in [0.15, 0.2) is 48.5 Å². The van der Waals surface area contributed by atoms with Gasteiger partial charge in [-0.2, -0.15) is 5.26 Å². The van der Waals surface area contributed by atoms with E-state index >= 15 is 0 Å². The Bertz CT molecular complexity index is 782. The smallest absolute Gasteiger partial charge is 0.305 e. The number of nitriles is 1. The highest BCUT2D eigenvalue weighted by Crippen LogP contribution is 2.18. The molecule has 0 aliphatic carbocycles. The number of carboxylic acid groups (broad SMARTS) is 1. The topological polar surface area (TPSA) is 99.4 Å². The maximum Gasteiger partial charge on any atom is 0.305 e. The average molecular weight is 342 g/mol. The van der Waals surface area contributed by atoms with E-state index < -0.39 is 23.7 Å². The molecule has 128 valence electrons. The third kappa shape index (κ3) is 5.62. The van der Waals surface area contributed by atoms with Gasteiger partial charge < -0.3 is 15.2 Å². The number of benzene rings is 2. The average Bonchev–Trinajstić information content (AvgIpc) is 2.60. The van der Waals surface area contributed by atoms with Crippen molar-refractivity contribution in [1.29, 1.82) is 5.26 Å². The number of hydrogen-bond acceptors (Lipinski definition) is 4. The van der Waals surface area contributed by atoms with Crippen molar-refractivity contribution in [2.24, 2.45) is 0 Å². The van der Waals surface area contributed by atoms with E-state index in [1.54, 1.807) is 24.3 Å². The molecule has 0 saturated carbocycles. The Labute approximate surface area is 143 Å². The van der Waals surface area contributed by atoms with Crippen molar-refractivity contribution in [2.75, 3.05) is 6.61 Å². The fourth-order valence-corrected chi connectivity index (χ4v) is 2.13. The summed E-state index contributed by atoms with van der Waals surface area (Å²) in [5.74, 6) is -1.65. The molecule has 1 atom stereocenters. The lowest BCUT2D eigenvalue weighted by atomic mass is 10.0. The highest BCUT2D eigenvalue weighted by Gasteiger charge is 2.18. The molecule has 0 fully saturated rings. The lowest BCUT2D eigenvalue weighted by Gasteiger charge is -2.17. The Morgan fingerprint density at radius 3 is 2.36 bits per heavy atom. The van der Waals surface area contributed by atoms with Crippen LogP contribution in [0, 0.1) is 17.1 Å². The first-order valence-electron chi connectivity index (χ1n) is 7.37. The fraction of sp³-hybridized carbons (Fsp3) is 0.167. The van der Waals surface area contributed by atoms with Gasteiger partial charge in [-0.25, -0.2) is 4.39 Å². The molecule has 2 N–H and O–H groups in total. The number of halogens is 1. The van der Waals surface area contributed by atoms with Crippen molar-refractivity contribution in [1.82, 2.24) is 5.32 Å². The van der Waals surface area contributed by atoms with Crippen LogP contribution < -0.4 is 10.1 Å². The standard InChI is InChI=1S/C18H15FN2O4/c19-14-5-3-13(4-6-14)16(9-18(23)24)21-17(22)11-25-15-7-1-12(10-20)2-8-15/h1-8,16H,9,11H2,(H,21,22)(H,23,24). The molecule has 0 saturated heterocycles. The molecular weight excluding hydrogens is 327 g/mol. The number of rotatable bonds is 7. The van der Waals surface area contributed by atoms with Crippen molar-refractivity contribution >= 4 is 11.9 Å². The lowest BCUT2D eigenvalue weighted by molar-refractivity contribution is -0.137. The van der Waals surface area contributed by atoms with Crippen LogP contribution in [0.2, 0.25) is 0 Å². The molecule has 0 aliphatic rings. The Hall–Kier alpha value is -3.40. The van der Waals surface area contributed by atoms with Crippen LogP contribution in [0.4, 0.5) is 4.39 Å². The molecule has 0 aromatic heterocycles. The summed E-state index contributed by atoms with van der Waals surface area (Å²) in [4.78, 5) is 23.0. The van der Waals surface area contributed by atoms with Crippen LogP contribution >= 0.6 is 0 Å². The third-order valence-corrected chi connectivity index (χ3v) is 3.34. The van der Waals surface area contributed by atoms with E-state index in [2.05, 4.69) is 5.32 Å². The summed E-state index contributed by atoms with van der Waals surface area (Å²) in [6.45, 7) is -0.316. The minimum atomic E-state index is -1.09. The molecular formula is C18H15FN2O4. The van der Waals surface area contributed by atoms with Crippen molar-refractivity contribution in [2.45, 2.75) is 12.5 Å². The van der Waals surface area contributed by atoms with Gasteiger partial charge in [0.2, 0.25) is 0 Å². The second-order valence-corrected chi connectivity index (χ2v) is 5.19. The molecule has 2 rings (SSSR count). The number of carbonyl (C=O) groups is 2. The molecule has 0 aliphatic heterocycles. The number of carbonyl (C=O) groups excluding carboxylic acids is 1. The van der Waals surface area contributed by atoms with Crippen LogP contribution in [0.1, 0.15) is 23.6 Å². The van der Waals surface area contributed by atoms with Crippen LogP contribution in [-0.2, 0) is 9.59 Å². The van der Waals surface area contributed by atoms with Crippen molar-refractivity contribution < 1.29 is 23.8 Å². The van der Waals surface area contributed by atoms with Crippen molar-refractivity contribution in [3.05, 3.63) is 65.5 Å². The van der Waals surface area contributed by atoms with E-state index in [0.717, 1.165) is 0 Å². The van der Waals surface area contributed by atoms with E-state index in [1.165, 1.54) is 24.3 Å². The molecule has 0 radical (unpaired) electrons. The van der Waals surface area contributed by atoms with Crippen molar-refractivity contribution in [3.8, 4) is 11.8 Å². The van der Waals surface area contributed by atoms with Gasteiger partial charge >= 0.3 is 5.97 Å². The maximum atomic E-state index is 13.0. The molecule has 6 nitrogen and oxygen atoms in total. The monoisotopic (exact) mass is 342 g/mol. The van der Waals surface area contributed by atoms with Gasteiger partial charge in [0.05, 0.1) is 24.1 Å². The predicted molar refractivity (Wildman–Crippen MR) is 86.2 cm³/mol. The van der Waals surface area contributed by atoms with Crippen molar-refractivity contribution in [3.63, 3.8) is 0 Å². The highest BCUT2D eigenvalue weighted by molar-refractivity contribution is 5.79. The molecule has 7 heteroatoms. The molecule has 0 spiro atoms. The Balaban J connectivity index is 1.97. The molecule has 0 heterocycles. The minimum absolute atomic E-state index is 0.316. The minimum Gasteiger partial charge on any atom is -0.484 e. The Morgan fingerprint density at radius 2 is 1.80 bits per heavy atom. The zero-order valence-electron chi connectivity index (χ0n) is 13.1. The Morgan fingerprint density at radius 1 is 1.16 bits per heavy atom. The number of ether oxygens (including phenoxy) is 1. The van der Waals surface area contributed by atoms with Gasteiger partial charge in [0.1, 0.15) is 11.6 Å². The van der Waals surface area contributed by atoms with Gasteiger partial charge in [-0.05, 0) is 42.0 Å². The summed E-state index contributed by atoms with van der Waals surface area (Å²) in [6.07, 6.45) is -0.339. The zero-order chi connectivity index (χ0) is 18.2. The van der Waals surface area contributed by atoms with Gasteiger partial charge in [0, 0.05) is 0 Å². The zero-order valence-corrected chi connectivity index (χ0v) is 13.1. The largest absolute Gasteiger partial charge is 0.484 e. The van der Waals surface area contributed by atoms with Gasteiger partial charge in [-0.1, -0.05) is 12.1 Å². The summed E-state index contributed by atoms with van der Waals surface area (Å²) < 4.78 is 18.3. The van der Waals surface area contributed by atoms with E-state index in [-0.39, 0.29) is 13.0 Å². The number of amides is 1. The molecule has 2 aromatic carbocycles. The predicted octanol–water partition coefficient (Wildman–Crippen LogP) is 2.41. The first-order valence-corrected chi connectivity index (χ1v) is 7.37. The maximum absolute atomic E-state index is 13.0. The highest BCUT2D eigenvalue weighted by atomic mass is 19.1. The summed E-state index contributed by atoms with van der Waals surface area (Å²) >= 11 is 0. The van der Waals surface area contributed by atoms with Gasteiger partial charge in [0.15, 0.2) is 6.61 Å². The van der Waals surface area contributed by atoms with Crippen LogP contribution in [0.3, 0.4) is 0 Å². The van der Waals surface area contributed by atoms with Gasteiger partial charge in [-0.15, -0.1) is 0 Å². The second kappa shape index (κ2) is 8.45. The number of nitrogens with zero attached hydrogens (tertiary/aromatic N) is 1. The lowest BCUT2D eigenvalue weighted by Crippen LogP contribution is -2.33. The molecule has 1 unspecified atom stereocenters. The molecule has 1 amide bonds. The number of aliphatic carboxylic acids is 1. The van der Waals surface area contributed by atoms with Gasteiger partial charge in [0.25, 0.3) is 5.91 Å². The first-order chi connectivity index (χ1) is 12.0. The van der Waals surface area contributed by atoms with Crippen LogP contribution in [0.25, 0.3) is 0 Å². The molecule has 2 aromatic rings. The quantitative estimate of drug-likeness (QED) is 0.805. The summed E-state index contributed by atoms with van der Waals surface area (Å²) in [6, 6.07) is 12.6. The number of hydrogen-bond donors (Lipinski definition) is 2. The molecule has 0 bridgehead atoms.